The molecule has 2 aromatic carbocycles. The number of hydrogen-bond acceptors (Lipinski definition) is 4. The Labute approximate surface area is 151 Å². The van der Waals surface area contributed by atoms with Gasteiger partial charge in [0.15, 0.2) is 12.4 Å². The van der Waals surface area contributed by atoms with Crippen LogP contribution in [0, 0.1) is 0 Å². The van der Waals surface area contributed by atoms with Gasteiger partial charge < -0.3 is 14.7 Å². The Hall–Kier alpha value is -2.79. The van der Waals surface area contributed by atoms with Crippen molar-refractivity contribution in [3.63, 3.8) is 0 Å². The van der Waals surface area contributed by atoms with Gasteiger partial charge in [0.2, 0.25) is 0 Å². The molecule has 0 aliphatic heterocycles. The van der Waals surface area contributed by atoms with Crippen LogP contribution < -0.4 is 4.74 Å². The summed E-state index contributed by atoms with van der Waals surface area (Å²) in [5.74, 6) is 0.185. The van der Waals surface area contributed by atoms with E-state index in [0.29, 0.717) is 16.9 Å². The van der Waals surface area contributed by atoms with Crippen LogP contribution in [-0.2, 0) is 4.79 Å². The fraction of sp³-hybridized carbons (Fsp3) is 0.158. The fourth-order valence-corrected chi connectivity index (χ4v) is 2.07. The van der Waals surface area contributed by atoms with E-state index in [4.69, 9.17) is 16.3 Å². The third kappa shape index (κ3) is 5.36. The third-order valence-corrected chi connectivity index (χ3v) is 3.70. The second-order valence-corrected chi connectivity index (χ2v) is 5.92. The molecule has 130 valence electrons. The zero-order valence-corrected chi connectivity index (χ0v) is 14.7. The molecule has 5 nitrogen and oxygen atoms in total. The molecule has 0 aromatic heterocycles. The molecule has 1 amide bonds. The lowest BCUT2D eigenvalue weighted by molar-refractivity contribution is -0.130. The molecule has 0 heterocycles. The number of phenols is 1. The van der Waals surface area contributed by atoms with Crippen LogP contribution in [0.15, 0.2) is 48.5 Å². The number of rotatable bonds is 6. The van der Waals surface area contributed by atoms with Crippen LogP contribution in [0.3, 0.4) is 0 Å². The first-order chi connectivity index (χ1) is 11.9. The predicted octanol–water partition coefficient (Wildman–Crippen LogP) is 3.41. The molecule has 25 heavy (non-hydrogen) atoms. The lowest BCUT2D eigenvalue weighted by Gasteiger charge is -2.11. The van der Waals surface area contributed by atoms with Crippen LogP contribution in [0.25, 0.3) is 6.08 Å². The number of phenolic OH excluding ortho intramolecular Hbond substituents is 1. The summed E-state index contributed by atoms with van der Waals surface area (Å²) in [6, 6.07) is 11.2. The first-order valence-electron chi connectivity index (χ1n) is 7.51. The van der Waals surface area contributed by atoms with Gasteiger partial charge in [0, 0.05) is 19.7 Å². The molecule has 0 saturated heterocycles. The lowest BCUT2D eigenvalue weighted by atomic mass is 10.1. The highest BCUT2D eigenvalue weighted by atomic mass is 35.5. The normalized spacial score (nSPS) is 10.7. The highest BCUT2D eigenvalue weighted by molar-refractivity contribution is 6.32. The number of hydrogen-bond donors (Lipinski definition) is 1. The van der Waals surface area contributed by atoms with Gasteiger partial charge in [-0.25, -0.2) is 0 Å². The summed E-state index contributed by atoms with van der Waals surface area (Å²) in [5.41, 5.74) is 1.20. The van der Waals surface area contributed by atoms with E-state index in [-0.39, 0.29) is 29.1 Å². The van der Waals surface area contributed by atoms with Gasteiger partial charge in [-0.3, -0.25) is 9.59 Å². The summed E-state index contributed by atoms with van der Waals surface area (Å²) in [4.78, 5) is 25.1. The van der Waals surface area contributed by atoms with Gasteiger partial charge in [0.1, 0.15) is 11.5 Å². The summed E-state index contributed by atoms with van der Waals surface area (Å²) in [6.07, 6.45) is 3.04. The van der Waals surface area contributed by atoms with Crippen LogP contribution in [0.4, 0.5) is 0 Å². The number of halogens is 1. The quantitative estimate of drug-likeness (QED) is 0.634. The van der Waals surface area contributed by atoms with Gasteiger partial charge in [-0.2, -0.15) is 0 Å². The smallest absolute Gasteiger partial charge is 0.259 e. The highest BCUT2D eigenvalue weighted by Gasteiger charge is 2.06. The maximum atomic E-state index is 12.2. The Morgan fingerprint density at radius 3 is 2.44 bits per heavy atom. The number of carbonyl (C=O) groups is 2. The number of aromatic hydroxyl groups is 1. The molecule has 6 heteroatoms. The molecule has 0 aliphatic carbocycles. The van der Waals surface area contributed by atoms with Crippen molar-refractivity contribution in [3.8, 4) is 11.5 Å². The van der Waals surface area contributed by atoms with Crippen molar-refractivity contribution >= 4 is 29.4 Å². The Morgan fingerprint density at radius 1 is 1.16 bits per heavy atom. The number of carbonyl (C=O) groups excluding carboxylic acids is 2. The van der Waals surface area contributed by atoms with Crippen LogP contribution >= 0.6 is 11.6 Å². The number of amides is 1. The summed E-state index contributed by atoms with van der Waals surface area (Å²) in [6.45, 7) is -0.0538. The van der Waals surface area contributed by atoms with Crippen molar-refractivity contribution in [3.05, 3.63) is 64.7 Å². The van der Waals surface area contributed by atoms with Crippen molar-refractivity contribution in [2.75, 3.05) is 20.7 Å². The van der Waals surface area contributed by atoms with E-state index < -0.39 is 0 Å². The minimum Gasteiger partial charge on any atom is -0.506 e. The number of nitrogens with zero attached hydrogens (tertiary/aromatic N) is 1. The van der Waals surface area contributed by atoms with E-state index >= 15 is 0 Å². The first kappa shape index (κ1) is 18.5. The SMILES string of the molecule is CN(C)C(=O)COc1ccc(C(=O)/C=C/c2ccc(O)c(Cl)c2)cc1. The number of likely N-dealkylation sites (N-methyl/N-ethyl adjacent to an activating group) is 1. The maximum absolute atomic E-state index is 12.2. The highest BCUT2D eigenvalue weighted by Crippen LogP contribution is 2.24. The first-order valence-corrected chi connectivity index (χ1v) is 7.88. The minimum absolute atomic E-state index is 0.00604. The molecule has 0 radical (unpaired) electrons. The molecule has 0 saturated carbocycles. The fourth-order valence-electron chi connectivity index (χ4n) is 1.88. The van der Waals surface area contributed by atoms with Crippen molar-refractivity contribution in [2.45, 2.75) is 0 Å². The number of ether oxygens (including phenoxy) is 1. The van der Waals surface area contributed by atoms with Crippen LogP contribution in [0.1, 0.15) is 15.9 Å². The average Bonchev–Trinajstić information content (AvgIpc) is 2.60. The van der Waals surface area contributed by atoms with Crippen molar-refractivity contribution < 1.29 is 19.4 Å². The Balaban J connectivity index is 1.98. The molecule has 2 rings (SSSR count). The van der Waals surface area contributed by atoms with E-state index in [9.17, 15) is 14.7 Å². The van der Waals surface area contributed by atoms with E-state index in [0.717, 1.165) is 0 Å². The predicted molar refractivity (Wildman–Crippen MR) is 97.1 cm³/mol. The van der Waals surface area contributed by atoms with E-state index in [1.165, 1.54) is 17.0 Å². The minimum atomic E-state index is -0.180. The Morgan fingerprint density at radius 2 is 1.84 bits per heavy atom. The molecular formula is C19H18ClNO4. The number of ketones is 1. The molecule has 0 aliphatic rings. The van der Waals surface area contributed by atoms with Crippen LogP contribution in [0.5, 0.6) is 11.5 Å². The zero-order chi connectivity index (χ0) is 18.4. The van der Waals surface area contributed by atoms with Crippen molar-refractivity contribution in [2.24, 2.45) is 0 Å². The van der Waals surface area contributed by atoms with Gasteiger partial charge in [0.05, 0.1) is 5.02 Å². The second-order valence-electron chi connectivity index (χ2n) is 5.51. The Kier molecular flexibility index (Phi) is 6.19. The summed E-state index contributed by atoms with van der Waals surface area (Å²) >= 11 is 5.83. The largest absolute Gasteiger partial charge is 0.506 e. The topological polar surface area (TPSA) is 66.8 Å². The molecule has 0 unspecified atom stereocenters. The molecule has 0 fully saturated rings. The standard InChI is InChI=1S/C19H18ClNO4/c1-21(2)19(24)12-25-15-7-5-14(6-8-15)17(22)9-3-13-4-10-18(23)16(20)11-13/h3-11,23H,12H2,1-2H3/b9-3+. The van der Waals surface area contributed by atoms with Gasteiger partial charge in [-0.1, -0.05) is 23.7 Å². The summed E-state index contributed by atoms with van der Waals surface area (Å²) < 4.78 is 5.36. The molecule has 2 aromatic rings. The van der Waals surface area contributed by atoms with Crippen molar-refractivity contribution in [1.29, 1.82) is 0 Å². The Bertz CT molecular complexity index is 798. The lowest BCUT2D eigenvalue weighted by Crippen LogP contribution is -2.27. The van der Waals surface area contributed by atoms with Gasteiger partial charge >= 0.3 is 0 Å². The maximum Gasteiger partial charge on any atom is 0.259 e. The zero-order valence-electron chi connectivity index (χ0n) is 13.9. The van der Waals surface area contributed by atoms with E-state index in [1.807, 2.05) is 0 Å². The summed E-state index contributed by atoms with van der Waals surface area (Å²) in [5, 5.41) is 9.60. The molecule has 0 bridgehead atoms. The summed E-state index contributed by atoms with van der Waals surface area (Å²) in [7, 11) is 3.31. The third-order valence-electron chi connectivity index (χ3n) is 3.40. The molecule has 0 atom stereocenters. The average molecular weight is 360 g/mol. The van der Waals surface area contributed by atoms with Gasteiger partial charge in [-0.05, 0) is 48.0 Å². The van der Waals surface area contributed by atoms with E-state index in [1.54, 1.807) is 56.6 Å². The second kappa shape index (κ2) is 8.35. The molecule has 1 N–H and O–H groups in total. The number of allylic oxidation sites excluding steroid dienone is 1. The molecular weight excluding hydrogens is 342 g/mol. The van der Waals surface area contributed by atoms with Crippen molar-refractivity contribution in [1.82, 2.24) is 4.90 Å². The van der Waals surface area contributed by atoms with E-state index in [2.05, 4.69) is 0 Å². The van der Waals surface area contributed by atoms with Crippen LogP contribution in [-0.4, -0.2) is 42.4 Å². The molecule has 0 spiro atoms. The monoisotopic (exact) mass is 359 g/mol. The van der Waals surface area contributed by atoms with Gasteiger partial charge in [0.25, 0.3) is 5.91 Å². The number of benzene rings is 2. The van der Waals surface area contributed by atoms with Gasteiger partial charge in [-0.15, -0.1) is 0 Å². The van der Waals surface area contributed by atoms with Crippen LogP contribution in [0.2, 0.25) is 5.02 Å².